The van der Waals surface area contributed by atoms with E-state index in [1.54, 1.807) is 4.90 Å². The van der Waals surface area contributed by atoms with Crippen molar-refractivity contribution >= 4 is 52.0 Å². The summed E-state index contributed by atoms with van der Waals surface area (Å²) >= 11 is 5.34. The third-order valence-electron chi connectivity index (χ3n) is 7.04. The van der Waals surface area contributed by atoms with Crippen LogP contribution in [0, 0.1) is 20.2 Å². The molecule has 1 aliphatic rings. The highest BCUT2D eigenvalue weighted by atomic mass is 32.1. The number of ether oxygens (including phenoxy) is 5. The Morgan fingerprint density at radius 1 is 0.700 bits per heavy atom. The van der Waals surface area contributed by atoms with Crippen LogP contribution in [0.5, 0.6) is 0 Å². The van der Waals surface area contributed by atoms with E-state index in [1.165, 1.54) is 48.5 Å². The number of amides is 3. The number of carbonyl (C=O) groups is 2. The molecule has 1 fully saturated rings. The van der Waals surface area contributed by atoms with Gasteiger partial charge in [-0.15, -0.1) is 0 Å². The molecule has 50 heavy (non-hydrogen) atoms. The minimum absolute atomic E-state index is 0.0493. The van der Waals surface area contributed by atoms with Crippen molar-refractivity contribution in [3.63, 3.8) is 0 Å². The molecule has 4 N–H and O–H groups in total. The number of rotatable bonds is 10. The molecule has 0 radical (unpaired) electrons. The normalized spacial score (nSPS) is 16.1. The van der Waals surface area contributed by atoms with Gasteiger partial charge in [-0.25, -0.2) is 4.79 Å². The number of nitro groups is 2. The Labute approximate surface area is 294 Å². The van der Waals surface area contributed by atoms with E-state index in [0.29, 0.717) is 77.2 Å². The first-order chi connectivity index (χ1) is 24.2. The number of non-ortho nitro benzene ring substituents is 2. The Bertz CT molecular complexity index is 1350. The molecule has 274 valence electrons. The lowest BCUT2D eigenvalue weighted by Gasteiger charge is -2.28. The maximum absolute atomic E-state index is 13.9. The molecule has 0 aliphatic carbocycles. The van der Waals surface area contributed by atoms with Gasteiger partial charge in [-0.05, 0) is 49.3 Å². The number of urea groups is 1. The van der Waals surface area contributed by atoms with Crippen molar-refractivity contribution in [2.24, 2.45) is 0 Å². The van der Waals surface area contributed by atoms with Crippen LogP contribution in [0.15, 0.2) is 48.5 Å². The van der Waals surface area contributed by atoms with E-state index in [9.17, 15) is 29.8 Å². The summed E-state index contributed by atoms with van der Waals surface area (Å²) in [6.45, 7) is 4.30. The fourth-order valence-electron chi connectivity index (χ4n) is 4.48. The first-order valence-electron chi connectivity index (χ1n) is 16.0. The van der Waals surface area contributed by atoms with E-state index < -0.39 is 21.9 Å². The summed E-state index contributed by atoms with van der Waals surface area (Å²) in [5, 5.41) is 33.5. The lowest BCUT2D eigenvalue weighted by atomic mass is 10.1. The van der Waals surface area contributed by atoms with Crippen LogP contribution in [0.2, 0.25) is 0 Å². The molecule has 0 spiro atoms. The summed E-state index contributed by atoms with van der Waals surface area (Å²) in [7, 11) is 0. The van der Waals surface area contributed by atoms with Crippen LogP contribution in [0.1, 0.15) is 12.8 Å². The van der Waals surface area contributed by atoms with E-state index in [0.717, 1.165) is 0 Å². The van der Waals surface area contributed by atoms with E-state index in [1.807, 2.05) is 0 Å². The van der Waals surface area contributed by atoms with E-state index in [4.69, 9.17) is 35.9 Å². The van der Waals surface area contributed by atoms with Crippen molar-refractivity contribution in [2.45, 2.75) is 18.9 Å². The fourth-order valence-corrected chi connectivity index (χ4v) is 4.70. The van der Waals surface area contributed by atoms with Gasteiger partial charge in [-0.2, -0.15) is 0 Å². The van der Waals surface area contributed by atoms with E-state index in [2.05, 4.69) is 21.3 Å². The Balaban J connectivity index is 1.62. The van der Waals surface area contributed by atoms with Gasteiger partial charge in [-0.3, -0.25) is 25.0 Å². The number of hydrogen-bond donors (Lipinski definition) is 4. The van der Waals surface area contributed by atoms with Gasteiger partial charge >= 0.3 is 6.03 Å². The maximum Gasteiger partial charge on any atom is 0.319 e. The van der Waals surface area contributed by atoms with Gasteiger partial charge in [0.1, 0.15) is 6.04 Å². The predicted octanol–water partition coefficient (Wildman–Crippen LogP) is 2.69. The molecule has 1 aliphatic heterocycles. The van der Waals surface area contributed by atoms with Crippen LogP contribution >= 0.6 is 12.2 Å². The monoisotopic (exact) mass is 721 g/mol. The first kappa shape index (κ1) is 39.9. The molecule has 1 heterocycles. The van der Waals surface area contributed by atoms with E-state index >= 15 is 0 Å². The van der Waals surface area contributed by atoms with Crippen molar-refractivity contribution < 1.29 is 43.1 Å². The fraction of sp³-hybridized carbons (Fsp3) is 0.516. The molecule has 18 nitrogen and oxygen atoms in total. The Hall–Kier alpha value is -4.53. The van der Waals surface area contributed by atoms with Gasteiger partial charge in [0.15, 0.2) is 5.11 Å². The molecule has 2 aromatic carbocycles. The van der Waals surface area contributed by atoms with Crippen LogP contribution in [-0.4, -0.2) is 124 Å². The largest absolute Gasteiger partial charge is 0.377 e. The summed E-state index contributed by atoms with van der Waals surface area (Å²) in [6.07, 6.45) is 0.636. The Kier molecular flexibility index (Phi) is 18.3. The highest BCUT2D eigenvalue weighted by Crippen LogP contribution is 2.16. The molecule has 3 amide bonds. The molecule has 19 heteroatoms. The molecular weight excluding hydrogens is 678 g/mol. The lowest BCUT2D eigenvalue weighted by Crippen LogP contribution is -2.51. The van der Waals surface area contributed by atoms with Crippen molar-refractivity contribution in [2.75, 3.05) is 96.3 Å². The number of thiocarbonyl (C=S) groups is 1. The highest BCUT2D eigenvalue weighted by molar-refractivity contribution is 7.80. The third kappa shape index (κ3) is 15.8. The molecule has 0 aromatic heterocycles. The minimum Gasteiger partial charge on any atom is -0.377 e. The van der Waals surface area contributed by atoms with Crippen molar-refractivity contribution in [1.82, 2.24) is 15.5 Å². The maximum atomic E-state index is 13.9. The topological polar surface area (TPSA) is 218 Å². The smallest absolute Gasteiger partial charge is 0.319 e. The summed E-state index contributed by atoms with van der Waals surface area (Å²) in [5.41, 5.74) is 0.680. The molecule has 0 unspecified atom stereocenters. The third-order valence-corrected chi connectivity index (χ3v) is 7.29. The van der Waals surface area contributed by atoms with Gasteiger partial charge in [0.25, 0.3) is 11.4 Å². The average Bonchev–Trinajstić information content (AvgIpc) is 3.09. The number of nitrogens with one attached hydrogen (secondary N) is 4. The molecule has 1 atom stereocenters. The lowest BCUT2D eigenvalue weighted by molar-refractivity contribution is -0.385. The van der Waals surface area contributed by atoms with Gasteiger partial charge in [0, 0.05) is 55.3 Å². The molecule has 3 rings (SSSR count). The van der Waals surface area contributed by atoms with Crippen molar-refractivity contribution in [3.05, 3.63) is 68.8 Å². The number of carbonyl (C=O) groups excluding carboxylic acids is 2. The molecule has 0 saturated carbocycles. The van der Waals surface area contributed by atoms with Crippen LogP contribution < -0.4 is 21.3 Å². The van der Waals surface area contributed by atoms with Crippen LogP contribution in [0.25, 0.3) is 0 Å². The van der Waals surface area contributed by atoms with Crippen molar-refractivity contribution in [3.8, 4) is 0 Å². The minimum atomic E-state index is -0.962. The van der Waals surface area contributed by atoms with Crippen LogP contribution in [0.3, 0.4) is 0 Å². The number of nitro benzene ring substituents is 2. The summed E-state index contributed by atoms with van der Waals surface area (Å²) in [4.78, 5) is 49.3. The second-order valence-electron chi connectivity index (χ2n) is 10.7. The second-order valence-corrected chi connectivity index (χ2v) is 11.1. The van der Waals surface area contributed by atoms with Gasteiger partial charge in [-0.1, -0.05) is 0 Å². The zero-order chi connectivity index (χ0) is 36.0. The number of nitrogens with zero attached hydrogens (tertiary/aromatic N) is 3. The second kappa shape index (κ2) is 23.0. The number of benzene rings is 2. The molecule has 2 aromatic rings. The van der Waals surface area contributed by atoms with Gasteiger partial charge < -0.3 is 49.9 Å². The predicted molar refractivity (Wildman–Crippen MR) is 186 cm³/mol. The van der Waals surface area contributed by atoms with E-state index in [-0.39, 0.29) is 55.1 Å². The average molecular weight is 722 g/mol. The highest BCUT2D eigenvalue weighted by Gasteiger charge is 2.26. The van der Waals surface area contributed by atoms with Gasteiger partial charge in [0.2, 0.25) is 5.91 Å². The SMILES string of the molecule is O=C(Nc1ccc([N+](=O)[O-])cc1)N[C@@H](CCCNC(=S)Nc1ccc([N+](=O)[O-])cc1)C(=O)N1CCOCCOCCOCCOCCOCC1. The molecule has 0 bridgehead atoms. The van der Waals surface area contributed by atoms with Crippen LogP contribution in [0.4, 0.5) is 27.5 Å². The molecule has 1 saturated heterocycles. The summed E-state index contributed by atoms with van der Waals surface area (Å²) in [6, 6.07) is 9.43. The van der Waals surface area contributed by atoms with Crippen LogP contribution in [-0.2, 0) is 28.5 Å². The molecular formula is C31H43N7O11S. The quantitative estimate of drug-likeness (QED) is 0.120. The Morgan fingerprint density at radius 2 is 1.12 bits per heavy atom. The Morgan fingerprint density at radius 3 is 1.56 bits per heavy atom. The van der Waals surface area contributed by atoms with Crippen molar-refractivity contribution in [1.29, 1.82) is 0 Å². The van der Waals surface area contributed by atoms with Gasteiger partial charge in [0.05, 0.1) is 75.9 Å². The zero-order valence-electron chi connectivity index (χ0n) is 27.5. The number of hydrogen-bond acceptors (Lipinski definition) is 12. The standard InChI is InChI=1S/C31H43N7O11S/c39-29(36-12-14-45-16-18-47-20-22-49-23-21-48-19-17-46-15-13-36)28(35-30(40)33-24-3-7-26(8-4-24)37(41)42)2-1-11-32-31(50)34-25-5-9-27(10-6-25)38(43)44/h3-10,28H,1-2,11-23H2,(H2,32,34,50)(H2,33,35,40)/t28-/m0/s1. The summed E-state index contributed by atoms with van der Waals surface area (Å²) < 4.78 is 27.8. The first-order valence-corrected chi connectivity index (χ1v) is 16.4. The summed E-state index contributed by atoms with van der Waals surface area (Å²) in [5.74, 6) is -0.360. The number of anilines is 2. The zero-order valence-corrected chi connectivity index (χ0v) is 28.4.